The fourth-order valence-electron chi connectivity index (χ4n) is 0.982. The van der Waals surface area contributed by atoms with Crippen LogP contribution < -0.4 is 10.5 Å². The average molecular weight is 205 g/mol. The van der Waals surface area contributed by atoms with E-state index in [4.69, 9.17) is 15.7 Å². The molecular weight excluding hydrogens is 190 g/mol. The maximum absolute atomic E-state index is 8.84. The number of aromatic nitrogens is 1. The predicted molar refractivity (Wildman–Crippen MR) is 57.5 cm³/mol. The molecule has 0 aromatic carbocycles. The van der Waals surface area contributed by atoms with Gasteiger partial charge in [0.25, 0.3) is 0 Å². The molecule has 80 valence electrons. The number of hydrogen-bond acceptors (Lipinski definition) is 4. The van der Waals surface area contributed by atoms with Gasteiger partial charge >= 0.3 is 0 Å². The SMILES string of the molecule is Cc1ccc(C#N)c(OCC(C)(C)N)n1. The molecule has 0 atom stereocenters. The number of nitriles is 1. The van der Waals surface area contributed by atoms with Gasteiger partial charge in [0.15, 0.2) is 0 Å². The third-order valence-electron chi connectivity index (χ3n) is 1.70. The van der Waals surface area contributed by atoms with Crippen LogP contribution in [-0.2, 0) is 0 Å². The second kappa shape index (κ2) is 4.28. The molecule has 0 aliphatic heterocycles. The number of hydrogen-bond donors (Lipinski definition) is 1. The van der Waals surface area contributed by atoms with Crippen molar-refractivity contribution < 1.29 is 4.74 Å². The number of pyridine rings is 1. The van der Waals surface area contributed by atoms with Crippen molar-refractivity contribution in [2.75, 3.05) is 6.61 Å². The van der Waals surface area contributed by atoms with Gasteiger partial charge in [-0.2, -0.15) is 5.26 Å². The lowest BCUT2D eigenvalue weighted by molar-refractivity contribution is 0.234. The Morgan fingerprint density at radius 3 is 2.73 bits per heavy atom. The zero-order valence-corrected chi connectivity index (χ0v) is 9.24. The van der Waals surface area contributed by atoms with Gasteiger partial charge in [-0.25, -0.2) is 4.98 Å². The van der Waals surface area contributed by atoms with Crippen LogP contribution in [0.5, 0.6) is 5.88 Å². The summed E-state index contributed by atoms with van der Waals surface area (Å²) < 4.78 is 5.41. The smallest absolute Gasteiger partial charge is 0.231 e. The second-order valence-corrected chi connectivity index (χ2v) is 4.19. The van der Waals surface area contributed by atoms with Gasteiger partial charge < -0.3 is 10.5 Å². The van der Waals surface area contributed by atoms with Crippen LogP contribution in [0.25, 0.3) is 0 Å². The van der Waals surface area contributed by atoms with Gasteiger partial charge in [-0.05, 0) is 32.9 Å². The predicted octanol–water partition coefficient (Wildman–Crippen LogP) is 1.38. The topological polar surface area (TPSA) is 71.9 Å². The standard InChI is InChI=1S/C11H15N3O/c1-8-4-5-9(6-12)10(14-8)15-7-11(2,3)13/h4-5H,7,13H2,1-3H3. The summed E-state index contributed by atoms with van der Waals surface area (Å²) in [5.74, 6) is 0.357. The number of rotatable bonds is 3. The van der Waals surface area contributed by atoms with E-state index >= 15 is 0 Å². The van der Waals surface area contributed by atoms with Crippen LogP contribution in [0.2, 0.25) is 0 Å². The normalized spacial score (nSPS) is 10.9. The van der Waals surface area contributed by atoms with E-state index in [1.807, 2.05) is 26.8 Å². The Bertz CT molecular complexity index is 388. The Labute approximate surface area is 89.7 Å². The summed E-state index contributed by atoms with van der Waals surface area (Å²) in [6.45, 7) is 5.89. The van der Waals surface area contributed by atoms with Gasteiger partial charge in [-0.1, -0.05) is 0 Å². The first-order valence-electron chi connectivity index (χ1n) is 4.72. The molecule has 2 N–H and O–H groups in total. The molecule has 0 aliphatic rings. The van der Waals surface area contributed by atoms with Crippen LogP contribution in [-0.4, -0.2) is 17.1 Å². The van der Waals surface area contributed by atoms with Crippen LogP contribution >= 0.6 is 0 Å². The number of aryl methyl sites for hydroxylation is 1. The summed E-state index contributed by atoms with van der Waals surface area (Å²) in [6, 6.07) is 5.50. The molecule has 1 aromatic heterocycles. The zero-order chi connectivity index (χ0) is 11.5. The molecule has 0 spiro atoms. The van der Waals surface area contributed by atoms with Gasteiger partial charge in [-0.15, -0.1) is 0 Å². The Balaban J connectivity index is 2.85. The summed E-state index contributed by atoms with van der Waals surface area (Å²) in [4.78, 5) is 4.15. The Morgan fingerprint density at radius 1 is 1.53 bits per heavy atom. The summed E-state index contributed by atoms with van der Waals surface area (Å²) in [7, 11) is 0. The van der Waals surface area contributed by atoms with Crippen molar-refractivity contribution in [2.45, 2.75) is 26.3 Å². The quantitative estimate of drug-likeness (QED) is 0.809. The van der Waals surface area contributed by atoms with Crippen molar-refractivity contribution in [1.82, 2.24) is 4.98 Å². The molecule has 1 heterocycles. The van der Waals surface area contributed by atoms with E-state index in [0.717, 1.165) is 5.69 Å². The molecule has 1 rings (SSSR count). The molecule has 0 saturated heterocycles. The van der Waals surface area contributed by atoms with Crippen molar-refractivity contribution in [3.63, 3.8) is 0 Å². The highest BCUT2D eigenvalue weighted by Gasteiger charge is 2.13. The monoisotopic (exact) mass is 205 g/mol. The van der Waals surface area contributed by atoms with Gasteiger partial charge in [-0.3, -0.25) is 0 Å². The minimum Gasteiger partial charge on any atom is -0.475 e. The van der Waals surface area contributed by atoms with E-state index < -0.39 is 5.54 Å². The summed E-state index contributed by atoms with van der Waals surface area (Å²) in [5.41, 5.74) is 6.60. The molecule has 0 saturated carbocycles. The van der Waals surface area contributed by atoms with Gasteiger partial charge in [0.05, 0.1) is 0 Å². The van der Waals surface area contributed by atoms with Crippen molar-refractivity contribution >= 4 is 0 Å². The molecule has 0 aliphatic carbocycles. The van der Waals surface area contributed by atoms with Crippen LogP contribution in [0.15, 0.2) is 12.1 Å². The van der Waals surface area contributed by atoms with Crippen LogP contribution in [0, 0.1) is 18.3 Å². The molecule has 15 heavy (non-hydrogen) atoms. The molecule has 0 radical (unpaired) electrons. The molecular formula is C11H15N3O. The average Bonchev–Trinajstić information content (AvgIpc) is 2.14. The Kier molecular flexibility index (Phi) is 3.28. The maximum atomic E-state index is 8.84. The van der Waals surface area contributed by atoms with E-state index in [2.05, 4.69) is 4.98 Å². The van der Waals surface area contributed by atoms with Crippen LogP contribution in [0.1, 0.15) is 25.1 Å². The molecule has 0 fully saturated rings. The fourth-order valence-corrected chi connectivity index (χ4v) is 0.982. The summed E-state index contributed by atoms with van der Waals surface area (Å²) in [6.07, 6.45) is 0. The van der Waals surface area contributed by atoms with Crippen molar-refractivity contribution in [3.05, 3.63) is 23.4 Å². The van der Waals surface area contributed by atoms with Crippen LogP contribution in [0.4, 0.5) is 0 Å². The molecule has 0 unspecified atom stereocenters. The fraction of sp³-hybridized carbons (Fsp3) is 0.455. The minimum atomic E-state index is -0.432. The van der Waals surface area contributed by atoms with Crippen molar-refractivity contribution in [3.8, 4) is 11.9 Å². The first-order chi connectivity index (χ1) is 6.92. The van der Waals surface area contributed by atoms with Crippen molar-refractivity contribution in [2.24, 2.45) is 5.73 Å². The molecule has 0 amide bonds. The number of nitrogens with two attached hydrogens (primary N) is 1. The molecule has 4 heteroatoms. The summed E-state index contributed by atoms with van der Waals surface area (Å²) in [5, 5.41) is 8.84. The van der Waals surface area contributed by atoms with Crippen LogP contribution in [0.3, 0.4) is 0 Å². The highest BCUT2D eigenvalue weighted by Crippen LogP contribution is 2.15. The van der Waals surface area contributed by atoms with Gasteiger partial charge in [0.2, 0.25) is 5.88 Å². The first-order valence-corrected chi connectivity index (χ1v) is 4.72. The van der Waals surface area contributed by atoms with E-state index in [0.29, 0.717) is 18.1 Å². The Hall–Kier alpha value is -1.60. The first kappa shape index (κ1) is 11.5. The summed E-state index contributed by atoms with van der Waals surface area (Å²) >= 11 is 0. The van der Waals surface area contributed by atoms with Gasteiger partial charge in [0, 0.05) is 11.2 Å². The number of nitrogens with zero attached hydrogens (tertiary/aromatic N) is 2. The third-order valence-corrected chi connectivity index (χ3v) is 1.70. The van der Waals surface area contributed by atoms with E-state index in [1.54, 1.807) is 12.1 Å². The van der Waals surface area contributed by atoms with Gasteiger partial charge in [0.1, 0.15) is 18.2 Å². The Morgan fingerprint density at radius 2 is 2.20 bits per heavy atom. The zero-order valence-electron chi connectivity index (χ0n) is 9.24. The lowest BCUT2D eigenvalue weighted by Gasteiger charge is -2.18. The molecule has 0 bridgehead atoms. The van der Waals surface area contributed by atoms with E-state index in [1.165, 1.54) is 0 Å². The lowest BCUT2D eigenvalue weighted by atomic mass is 10.1. The largest absolute Gasteiger partial charge is 0.475 e. The lowest BCUT2D eigenvalue weighted by Crippen LogP contribution is -2.39. The van der Waals surface area contributed by atoms with E-state index in [9.17, 15) is 0 Å². The van der Waals surface area contributed by atoms with Crippen molar-refractivity contribution in [1.29, 1.82) is 5.26 Å². The highest BCUT2D eigenvalue weighted by molar-refractivity contribution is 5.38. The molecule has 4 nitrogen and oxygen atoms in total. The van der Waals surface area contributed by atoms with E-state index in [-0.39, 0.29) is 0 Å². The second-order valence-electron chi connectivity index (χ2n) is 4.19. The third kappa shape index (κ3) is 3.56. The number of ether oxygens (including phenoxy) is 1. The molecule has 1 aromatic rings. The highest BCUT2D eigenvalue weighted by atomic mass is 16.5. The minimum absolute atomic E-state index is 0.331. The maximum Gasteiger partial charge on any atom is 0.231 e.